The van der Waals surface area contributed by atoms with Gasteiger partial charge in [0.1, 0.15) is 0 Å². The normalized spacial score (nSPS) is 15.4. The van der Waals surface area contributed by atoms with Crippen LogP contribution in [0.4, 0.5) is 5.69 Å². The Bertz CT molecular complexity index is 648. The predicted octanol–water partition coefficient (Wildman–Crippen LogP) is 5.23. The zero-order valence-corrected chi connectivity index (χ0v) is 13.7. The summed E-state index contributed by atoms with van der Waals surface area (Å²) in [7, 11) is 0. The number of pyridine rings is 1. The fourth-order valence-electron chi connectivity index (χ4n) is 2.87. The van der Waals surface area contributed by atoms with Gasteiger partial charge in [-0.3, -0.25) is 4.98 Å². The molecule has 1 aromatic carbocycles. The van der Waals surface area contributed by atoms with Gasteiger partial charge in [-0.1, -0.05) is 45.9 Å². The molecule has 0 amide bonds. The van der Waals surface area contributed by atoms with Gasteiger partial charge in [0.2, 0.25) is 0 Å². The van der Waals surface area contributed by atoms with Crippen LogP contribution in [-0.2, 0) is 5.41 Å². The lowest BCUT2D eigenvalue weighted by atomic mass is 9.85. The van der Waals surface area contributed by atoms with Gasteiger partial charge in [0.15, 0.2) is 0 Å². The summed E-state index contributed by atoms with van der Waals surface area (Å²) in [6, 6.07) is 8.88. The molecule has 0 saturated heterocycles. The third-order valence-corrected chi connectivity index (χ3v) is 4.23. The number of para-hydroxylation sites is 1. The summed E-state index contributed by atoms with van der Waals surface area (Å²) in [5.74, 6) is 0.685. The molecule has 0 radical (unpaired) electrons. The van der Waals surface area contributed by atoms with Crippen molar-refractivity contribution < 1.29 is 0 Å². The third-order valence-electron chi connectivity index (χ3n) is 4.23. The van der Waals surface area contributed by atoms with Gasteiger partial charge in [0.25, 0.3) is 0 Å². The van der Waals surface area contributed by atoms with Crippen LogP contribution < -0.4 is 5.32 Å². The van der Waals surface area contributed by atoms with Gasteiger partial charge in [-0.25, -0.2) is 0 Å². The van der Waals surface area contributed by atoms with Crippen LogP contribution in [0.3, 0.4) is 0 Å². The molecule has 1 N–H and O–H groups in total. The fraction of sp³-hybridized carbons (Fsp3) is 0.526. The second kappa shape index (κ2) is 5.32. The molecule has 1 fully saturated rings. The van der Waals surface area contributed by atoms with Crippen molar-refractivity contribution in [2.75, 3.05) is 11.9 Å². The van der Waals surface area contributed by atoms with E-state index in [-0.39, 0.29) is 5.41 Å². The Balaban J connectivity index is 2.20. The lowest BCUT2D eigenvalue weighted by Crippen LogP contribution is -2.13. The van der Waals surface area contributed by atoms with Gasteiger partial charge in [-0.05, 0) is 36.3 Å². The molecule has 1 aliphatic rings. The van der Waals surface area contributed by atoms with Crippen LogP contribution in [0.25, 0.3) is 10.9 Å². The van der Waals surface area contributed by atoms with Crippen LogP contribution in [0.1, 0.15) is 64.1 Å². The fourth-order valence-corrected chi connectivity index (χ4v) is 2.87. The van der Waals surface area contributed by atoms with E-state index in [0.717, 1.165) is 13.0 Å². The number of rotatable bonds is 4. The Labute approximate surface area is 128 Å². The van der Waals surface area contributed by atoms with Crippen molar-refractivity contribution in [1.29, 1.82) is 0 Å². The highest BCUT2D eigenvalue weighted by Crippen LogP contribution is 2.42. The van der Waals surface area contributed by atoms with E-state index in [1.807, 2.05) is 0 Å². The minimum Gasteiger partial charge on any atom is -0.384 e. The van der Waals surface area contributed by atoms with Gasteiger partial charge in [-0.2, -0.15) is 0 Å². The number of benzene rings is 1. The second-order valence-corrected chi connectivity index (χ2v) is 7.25. The monoisotopic (exact) mass is 282 g/mol. The predicted molar refractivity (Wildman–Crippen MR) is 91.2 cm³/mol. The summed E-state index contributed by atoms with van der Waals surface area (Å²) in [5.41, 5.74) is 5.19. The maximum Gasteiger partial charge on any atom is 0.0763 e. The average Bonchev–Trinajstić information content (AvgIpc) is 3.27. The molecule has 0 unspecified atom stereocenters. The van der Waals surface area contributed by atoms with Crippen molar-refractivity contribution in [2.24, 2.45) is 0 Å². The Morgan fingerprint density at radius 1 is 1.24 bits per heavy atom. The summed E-state index contributed by atoms with van der Waals surface area (Å²) in [5, 5.41) is 4.86. The number of nitrogens with zero attached hydrogens (tertiary/aromatic N) is 1. The number of hydrogen-bond acceptors (Lipinski definition) is 2. The van der Waals surface area contributed by atoms with Crippen LogP contribution in [-0.4, -0.2) is 11.5 Å². The van der Waals surface area contributed by atoms with E-state index in [9.17, 15) is 0 Å². The molecule has 2 aromatic rings. The molecular formula is C19H26N2. The Morgan fingerprint density at radius 2 is 2.00 bits per heavy atom. The molecule has 1 aliphatic carbocycles. The van der Waals surface area contributed by atoms with E-state index in [0.29, 0.717) is 5.92 Å². The van der Waals surface area contributed by atoms with Crippen molar-refractivity contribution >= 4 is 16.6 Å². The number of hydrogen-bond donors (Lipinski definition) is 1. The van der Waals surface area contributed by atoms with Gasteiger partial charge < -0.3 is 5.32 Å². The zero-order chi connectivity index (χ0) is 15.0. The maximum atomic E-state index is 5.03. The molecule has 21 heavy (non-hydrogen) atoms. The summed E-state index contributed by atoms with van der Waals surface area (Å²) < 4.78 is 0. The number of aromatic nitrogens is 1. The largest absolute Gasteiger partial charge is 0.384 e. The molecule has 112 valence electrons. The smallest absolute Gasteiger partial charge is 0.0763 e. The topological polar surface area (TPSA) is 24.9 Å². The molecule has 0 bridgehead atoms. The summed E-state index contributed by atoms with van der Waals surface area (Å²) >= 11 is 0. The van der Waals surface area contributed by atoms with E-state index in [4.69, 9.17) is 4.98 Å². The minimum absolute atomic E-state index is 0.122. The third kappa shape index (κ3) is 2.90. The first-order chi connectivity index (χ1) is 10.0. The van der Waals surface area contributed by atoms with E-state index in [1.165, 1.54) is 40.7 Å². The van der Waals surface area contributed by atoms with Crippen LogP contribution in [0.2, 0.25) is 0 Å². The molecule has 1 heterocycles. The highest BCUT2D eigenvalue weighted by molar-refractivity contribution is 5.94. The minimum atomic E-state index is 0.122. The van der Waals surface area contributed by atoms with E-state index in [2.05, 4.69) is 57.3 Å². The van der Waals surface area contributed by atoms with Crippen molar-refractivity contribution in [1.82, 2.24) is 4.98 Å². The highest BCUT2D eigenvalue weighted by Gasteiger charge is 2.27. The number of anilines is 1. The molecular weight excluding hydrogens is 256 g/mol. The molecule has 2 heteroatoms. The van der Waals surface area contributed by atoms with Gasteiger partial charge in [0.05, 0.1) is 5.52 Å². The lowest BCUT2D eigenvalue weighted by Gasteiger charge is -2.22. The molecule has 0 aliphatic heterocycles. The summed E-state index contributed by atoms with van der Waals surface area (Å²) in [6.07, 6.45) is 3.73. The molecule has 0 atom stereocenters. The van der Waals surface area contributed by atoms with Crippen molar-refractivity contribution in [3.8, 4) is 0 Å². The second-order valence-electron chi connectivity index (χ2n) is 7.25. The summed E-state index contributed by atoms with van der Waals surface area (Å²) in [4.78, 5) is 5.03. The van der Waals surface area contributed by atoms with Gasteiger partial charge in [0, 0.05) is 29.2 Å². The number of fused-ring (bicyclic) bond motifs is 1. The standard InChI is InChI=1S/C19H26N2/c1-5-11-20-17-12-16(13-9-10-13)21-18-14(17)7-6-8-15(18)19(2,3)4/h6-8,12-13H,5,9-11H2,1-4H3,(H,20,21). The first kappa shape index (κ1) is 14.4. The first-order valence-corrected chi connectivity index (χ1v) is 8.18. The van der Waals surface area contributed by atoms with E-state index >= 15 is 0 Å². The molecule has 2 nitrogen and oxygen atoms in total. The average molecular weight is 282 g/mol. The first-order valence-electron chi connectivity index (χ1n) is 8.18. The number of nitrogens with one attached hydrogen (secondary N) is 1. The maximum absolute atomic E-state index is 5.03. The van der Waals surface area contributed by atoms with Crippen molar-refractivity contribution in [2.45, 2.75) is 58.3 Å². The van der Waals surface area contributed by atoms with Crippen LogP contribution in [0.15, 0.2) is 24.3 Å². The SMILES string of the molecule is CCCNc1cc(C2CC2)nc2c(C(C)(C)C)cccc12. The molecule has 1 aromatic heterocycles. The quantitative estimate of drug-likeness (QED) is 0.830. The molecule has 3 rings (SSSR count). The van der Waals surface area contributed by atoms with E-state index in [1.54, 1.807) is 0 Å². The zero-order valence-electron chi connectivity index (χ0n) is 13.7. The van der Waals surface area contributed by atoms with Gasteiger partial charge >= 0.3 is 0 Å². The Hall–Kier alpha value is -1.57. The molecule has 0 spiro atoms. The van der Waals surface area contributed by atoms with Gasteiger partial charge in [-0.15, -0.1) is 0 Å². The Morgan fingerprint density at radius 3 is 2.62 bits per heavy atom. The van der Waals surface area contributed by atoms with Crippen LogP contribution in [0.5, 0.6) is 0 Å². The highest BCUT2D eigenvalue weighted by atomic mass is 14.9. The lowest BCUT2D eigenvalue weighted by molar-refractivity contribution is 0.594. The van der Waals surface area contributed by atoms with Crippen LogP contribution in [0, 0.1) is 0 Å². The summed E-state index contributed by atoms with van der Waals surface area (Å²) in [6.45, 7) is 10.0. The van der Waals surface area contributed by atoms with Crippen LogP contribution >= 0.6 is 0 Å². The molecule has 1 saturated carbocycles. The Kier molecular flexibility index (Phi) is 3.64. The van der Waals surface area contributed by atoms with Crippen molar-refractivity contribution in [3.05, 3.63) is 35.5 Å². The van der Waals surface area contributed by atoms with Crippen molar-refractivity contribution in [3.63, 3.8) is 0 Å². The van der Waals surface area contributed by atoms with E-state index < -0.39 is 0 Å².